The van der Waals surface area contributed by atoms with Crippen LogP contribution in [-0.2, 0) is 11.2 Å². The van der Waals surface area contributed by atoms with Crippen LogP contribution in [0.1, 0.15) is 39.2 Å². The third-order valence-corrected chi connectivity index (χ3v) is 3.38. The van der Waals surface area contributed by atoms with Crippen molar-refractivity contribution < 1.29 is 14.7 Å². The SMILES string of the molecule is CCCc1ccccc1NC(=O)N(CC)C(C)CC(=O)O. The Morgan fingerprint density at radius 2 is 1.95 bits per heavy atom. The van der Waals surface area contributed by atoms with Crippen molar-refractivity contribution in [1.29, 1.82) is 0 Å². The zero-order valence-electron chi connectivity index (χ0n) is 12.9. The first-order valence-electron chi connectivity index (χ1n) is 7.36. The van der Waals surface area contributed by atoms with Crippen molar-refractivity contribution in [1.82, 2.24) is 4.90 Å². The number of aryl methyl sites for hydroxylation is 1. The lowest BCUT2D eigenvalue weighted by molar-refractivity contribution is -0.137. The number of benzene rings is 1. The van der Waals surface area contributed by atoms with E-state index < -0.39 is 5.97 Å². The highest BCUT2D eigenvalue weighted by atomic mass is 16.4. The Labute approximate surface area is 126 Å². The summed E-state index contributed by atoms with van der Waals surface area (Å²) < 4.78 is 0. The first-order valence-corrected chi connectivity index (χ1v) is 7.36. The lowest BCUT2D eigenvalue weighted by Crippen LogP contribution is -2.42. The van der Waals surface area contributed by atoms with Crippen LogP contribution in [0.25, 0.3) is 0 Å². The van der Waals surface area contributed by atoms with Gasteiger partial charge in [-0.15, -0.1) is 0 Å². The van der Waals surface area contributed by atoms with Crippen LogP contribution in [0.3, 0.4) is 0 Å². The van der Waals surface area contributed by atoms with Gasteiger partial charge in [0, 0.05) is 18.3 Å². The second-order valence-electron chi connectivity index (χ2n) is 5.07. The molecule has 0 bridgehead atoms. The molecule has 2 N–H and O–H groups in total. The van der Waals surface area contributed by atoms with Gasteiger partial charge in [-0.3, -0.25) is 4.79 Å². The molecule has 5 nitrogen and oxygen atoms in total. The van der Waals surface area contributed by atoms with Crippen LogP contribution in [0, 0.1) is 0 Å². The highest BCUT2D eigenvalue weighted by Crippen LogP contribution is 2.18. The van der Waals surface area contributed by atoms with E-state index in [0.717, 1.165) is 24.1 Å². The molecule has 116 valence electrons. The molecule has 0 aliphatic carbocycles. The molecular formula is C16H24N2O3. The molecule has 0 fully saturated rings. The van der Waals surface area contributed by atoms with Gasteiger partial charge in [-0.2, -0.15) is 0 Å². The van der Waals surface area contributed by atoms with Crippen LogP contribution in [0.2, 0.25) is 0 Å². The van der Waals surface area contributed by atoms with E-state index in [1.54, 1.807) is 6.92 Å². The summed E-state index contributed by atoms with van der Waals surface area (Å²) in [6.45, 7) is 6.15. The van der Waals surface area contributed by atoms with Crippen molar-refractivity contribution in [3.05, 3.63) is 29.8 Å². The van der Waals surface area contributed by atoms with Gasteiger partial charge >= 0.3 is 12.0 Å². The summed E-state index contributed by atoms with van der Waals surface area (Å²) in [4.78, 5) is 24.7. The number of urea groups is 1. The second kappa shape index (κ2) is 8.29. The van der Waals surface area contributed by atoms with Gasteiger partial charge in [0.15, 0.2) is 0 Å². The van der Waals surface area contributed by atoms with Gasteiger partial charge in [-0.05, 0) is 31.9 Å². The van der Waals surface area contributed by atoms with Gasteiger partial charge in [0.25, 0.3) is 0 Å². The number of aliphatic carboxylic acids is 1. The fraction of sp³-hybridized carbons (Fsp3) is 0.500. The molecule has 5 heteroatoms. The minimum atomic E-state index is -0.903. The van der Waals surface area contributed by atoms with Crippen LogP contribution >= 0.6 is 0 Å². The number of carboxylic acids is 1. The van der Waals surface area contributed by atoms with E-state index in [9.17, 15) is 9.59 Å². The maximum atomic E-state index is 12.3. The molecule has 2 amide bonds. The molecule has 0 aliphatic heterocycles. The predicted octanol–water partition coefficient (Wildman–Crippen LogP) is 3.36. The van der Waals surface area contributed by atoms with Crippen LogP contribution < -0.4 is 5.32 Å². The molecule has 0 heterocycles. The monoisotopic (exact) mass is 292 g/mol. The maximum Gasteiger partial charge on any atom is 0.322 e. The van der Waals surface area contributed by atoms with E-state index >= 15 is 0 Å². The summed E-state index contributed by atoms with van der Waals surface area (Å²) in [6, 6.07) is 7.10. The third kappa shape index (κ3) is 5.10. The van der Waals surface area contributed by atoms with E-state index in [-0.39, 0.29) is 18.5 Å². The van der Waals surface area contributed by atoms with E-state index in [2.05, 4.69) is 12.2 Å². The van der Waals surface area contributed by atoms with Crippen molar-refractivity contribution in [2.75, 3.05) is 11.9 Å². The highest BCUT2D eigenvalue weighted by Gasteiger charge is 2.21. The molecule has 0 saturated heterocycles. The van der Waals surface area contributed by atoms with E-state index in [4.69, 9.17) is 5.11 Å². The van der Waals surface area contributed by atoms with Crippen molar-refractivity contribution in [2.24, 2.45) is 0 Å². The van der Waals surface area contributed by atoms with Crippen molar-refractivity contribution >= 4 is 17.7 Å². The average molecular weight is 292 g/mol. The molecule has 0 spiro atoms. The van der Waals surface area contributed by atoms with Crippen molar-refractivity contribution in [3.8, 4) is 0 Å². The van der Waals surface area contributed by atoms with Gasteiger partial charge in [0.2, 0.25) is 0 Å². The molecule has 0 aromatic heterocycles. The molecule has 0 radical (unpaired) electrons. The summed E-state index contributed by atoms with van der Waals surface area (Å²) >= 11 is 0. The lowest BCUT2D eigenvalue weighted by Gasteiger charge is -2.27. The first-order chi connectivity index (χ1) is 9.99. The minimum Gasteiger partial charge on any atom is -0.481 e. The first kappa shape index (κ1) is 17.0. The molecule has 1 unspecified atom stereocenters. The number of nitrogens with zero attached hydrogens (tertiary/aromatic N) is 1. The molecule has 1 rings (SSSR count). The van der Waals surface area contributed by atoms with E-state index in [1.165, 1.54) is 4.90 Å². The fourth-order valence-corrected chi connectivity index (χ4v) is 2.33. The highest BCUT2D eigenvalue weighted by molar-refractivity contribution is 5.90. The Kier molecular flexibility index (Phi) is 6.72. The number of anilines is 1. The Morgan fingerprint density at radius 1 is 1.29 bits per heavy atom. The van der Waals surface area contributed by atoms with Gasteiger partial charge in [0.1, 0.15) is 0 Å². The summed E-state index contributed by atoms with van der Waals surface area (Å²) in [5, 5.41) is 11.8. The number of carbonyl (C=O) groups excluding carboxylic acids is 1. The molecule has 1 aromatic carbocycles. The standard InChI is InChI=1S/C16H24N2O3/c1-4-8-13-9-6-7-10-14(13)17-16(21)18(5-2)12(3)11-15(19)20/h6-7,9-10,12H,4-5,8,11H2,1-3H3,(H,17,21)(H,19,20). The van der Waals surface area contributed by atoms with Crippen LogP contribution in [-0.4, -0.2) is 34.6 Å². The normalized spacial score (nSPS) is 11.8. The fourth-order valence-electron chi connectivity index (χ4n) is 2.33. The average Bonchev–Trinajstić information content (AvgIpc) is 2.41. The van der Waals surface area contributed by atoms with Gasteiger partial charge in [0.05, 0.1) is 6.42 Å². The Hall–Kier alpha value is -2.04. The number of carboxylic acid groups (broad SMARTS) is 1. The predicted molar refractivity (Wildman–Crippen MR) is 83.6 cm³/mol. The maximum absolute atomic E-state index is 12.3. The molecule has 1 aromatic rings. The van der Waals surface area contributed by atoms with E-state index in [1.807, 2.05) is 31.2 Å². The smallest absolute Gasteiger partial charge is 0.322 e. The molecule has 0 saturated carbocycles. The quantitative estimate of drug-likeness (QED) is 0.809. The Balaban J connectivity index is 2.80. The third-order valence-electron chi connectivity index (χ3n) is 3.38. The van der Waals surface area contributed by atoms with E-state index in [0.29, 0.717) is 6.54 Å². The number of para-hydroxylation sites is 1. The van der Waals surface area contributed by atoms with Crippen LogP contribution in [0.15, 0.2) is 24.3 Å². The van der Waals surface area contributed by atoms with Crippen molar-refractivity contribution in [3.63, 3.8) is 0 Å². The second-order valence-corrected chi connectivity index (χ2v) is 5.07. The number of hydrogen-bond acceptors (Lipinski definition) is 2. The van der Waals surface area contributed by atoms with Crippen LogP contribution in [0.5, 0.6) is 0 Å². The molecule has 1 atom stereocenters. The van der Waals surface area contributed by atoms with Gasteiger partial charge in [-0.25, -0.2) is 4.79 Å². The Bertz CT molecular complexity index is 488. The summed E-state index contributed by atoms with van der Waals surface area (Å²) in [7, 11) is 0. The molecule has 0 aliphatic rings. The van der Waals surface area contributed by atoms with Crippen LogP contribution in [0.4, 0.5) is 10.5 Å². The van der Waals surface area contributed by atoms with Gasteiger partial charge < -0.3 is 15.3 Å². The zero-order valence-corrected chi connectivity index (χ0v) is 12.9. The topological polar surface area (TPSA) is 69.6 Å². The summed E-state index contributed by atoms with van der Waals surface area (Å²) in [5.41, 5.74) is 1.89. The number of nitrogens with one attached hydrogen (secondary N) is 1. The molecule has 21 heavy (non-hydrogen) atoms. The number of amides is 2. The number of hydrogen-bond donors (Lipinski definition) is 2. The Morgan fingerprint density at radius 3 is 2.52 bits per heavy atom. The summed E-state index contributed by atoms with van der Waals surface area (Å²) in [6.07, 6.45) is 1.84. The largest absolute Gasteiger partial charge is 0.481 e. The van der Waals surface area contributed by atoms with Gasteiger partial charge in [-0.1, -0.05) is 31.5 Å². The summed E-state index contributed by atoms with van der Waals surface area (Å²) in [5.74, 6) is -0.903. The zero-order chi connectivity index (χ0) is 15.8. The molecular weight excluding hydrogens is 268 g/mol. The number of rotatable bonds is 7. The number of carbonyl (C=O) groups is 2. The lowest BCUT2D eigenvalue weighted by atomic mass is 10.1. The van der Waals surface area contributed by atoms with Crippen molar-refractivity contribution in [2.45, 2.75) is 46.1 Å². The minimum absolute atomic E-state index is 0.0577.